The van der Waals surface area contributed by atoms with Crippen LogP contribution in [0.15, 0.2) is 146 Å². The van der Waals surface area contributed by atoms with Crippen LogP contribution in [0.4, 0.5) is 0 Å². The molecule has 4 nitrogen and oxygen atoms in total. The zero-order chi connectivity index (χ0) is 75.0. The van der Waals surface area contributed by atoms with Crippen molar-refractivity contribution in [3.05, 3.63) is 213 Å². The van der Waals surface area contributed by atoms with Crippen molar-refractivity contribution < 1.29 is 56.6 Å². The molecular weight excluding hydrogens is 849 g/mol. The van der Waals surface area contributed by atoms with Crippen LogP contribution in [-0.2, 0) is 41.0 Å². The smallest absolute Gasteiger partial charge is 0.201 e. The topological polar surface area (TPSA) is 15.5 Å². The molecule has 364 valence electrons. The maximum Gasteiger partial charge on any atom is 0.212 e. The fourth-order valence-electron chi connectivity index (χ4n) is 8.05. The van der Waals surface area contributed by atoms with E-state index in [1.165, 1.54) is 25.3 Å². The van der Waals surface area contributed by atoms with Crippen LogP contribution in [-0.4, -0.2) is 0 Å². The standard InChI is InChI=1S/C18H24N.C17H22N.C16H20N.C15H18N/c1-13(2)10-16-7-8-17(15(4)11-16)18-9-6-14(3)12-19(18)5;1-12(2)15-7-8-16(14(4)10-15)17-9-6-13(3)11-18(17)5;1-5-14-7-8-15(13(3)10-14)16-9-6-12(2)11-17(16)4;1-11-5-7-14(13(3)9-11)15-8-6-12(2)10-16(15)4/h6-9,11-13H,10H2,1-5H3;6-12H,1-5H3;6-11H,5H2,1-4H3;5-10H,1-4H3/q4*+1/i1D3,3D3,10D2,13D;1D3,3D3,12D;2*1D3,2D3. The van der Waals surface area contributed by atoms with E-state index in [1.807, 2.05) is 39.0 Å². The van der Waals surface area contributed by atoms with Gasteiger partial charge in [0.1, 0.15) is 28.2 Å². The van der Waals surface area contributed by atoms with Crippen LogP contribution < -0.4 is 18.3 Å². The van der Waals surface area contributed by atoms with Crippen molar-refractivity contribution in [2.45, 2.75) is 115 Å². The van der Waals surface area contributed by atoms with Crippen molar-refractivity contribution in [2.75, 3.05) is 0 Å². The normalized spacial score (nSPS) is 20.0. The van der Waals surface area contributed by atoms with E-state index in [0.717, 1.165) is 74.2 Å². The van der Waals surface area contributed by atoms with E-state index in [2.05, 4.69) is 0 Å². The number of nitrogens with zero attached hydrogens (tertiary/aromatic N) is 4. The molecule has 0 amide bonds. The lowest BCUT2D eigenvalue weighted by Crippen LogP contribution is -2.31. The Bertz CT molecular complexity index is 4080. The SMILES string of the molecule is [2H]C([2H])([2H])Cc1ccc(-c2ccc(C([2H])([2H])[2H])c[n+]2C)c(C)c1.[2H]C([2H])([2H])c1ccc(-c2ccc(C([2H])(C)C([2H])([2H])[2H])cc2C)[n+](C)c1.[2H]C([2H])([2H])c1ccc(-c2ccc(C([2H])([2H])C([2H])(C)C([2H])([2H])[2H])cc2C)[n+](C)c1.[2H]C([2H])([2H])c1ccc(-c2ccc(C([2H])([2H])[2H])c[n+]2C)c(C)c1. The highest BCUT2D eigenvalue weighted by Gasteiger charge is 2.16. The van der Waals surface area contributed by atoms with E-state index in [1.54, 1.807) is 163 Å². The molecule has 70 heavy (non-hydrogen) atoms. The van der Waals surface area contributed by atoms with Crippen molar-refractivity contribution in [3.63, 3.8) is 0 Å². The number of pyridine rings is 4. The molecule has 8 rings (SSSR count). The van der Waals surface area contributed by atoms with Crippen LogP contribution in [0.1, 0.15) is 145 Å². The van der Waals surface area contributed by atoms with Gasteiger partial charge in [-0.1, -0.05) is 88.5 Å². The molecule has 0 bridgehead atoms. The Kier molecular flexibility index (Phi) is 9.65. The van der Waals surface area contributed by atoms with E-state index in [4.69, 9.17) is 38.4 Å². The first-order valence-corrected chi connectivity index (χ1v) is 22.7. The highest BCUT2D eigenvalue weighted by Crippen LogP contribution is 2.27. The number of rotatable bonds is 8. The molecule has 0 aliphatic carbocycles. The third-order valence-corrected chi connectivity index (χ3v) is 11.6. The molecular formula is C66H84N4+4. The molecule has 0 fully saturated rings. The van der Waals surface area contributed by atoms with Gasteiger partial charge in [-0.25, -0.2) is 18.3 Å². The first-order chi connectivity index (χ1) is 44.2. The predicted molar refractivity (Wildman–Crippen MR) is 297 cm³/mol. The summed E-state index contributed by atoms with van der Waals surface area (Å²) in [5.41, 5.74) is 12.7. The summed E-state index contributed by atoms with van der Waals surface area (Å²) in [4.78, 5) is 0. The lowest BCUT2D eigenvalue weighted by atomic mass is 9.96. The molecule has 0 aliphatic heterocycles. The summed E-state index contributed by atoms with van der Waals surface area (Å²) in [6, 6.07) is 33.7. The molecule has 4 heteroatoms. The molecule has 0 saturated carbocycles. The van der Waals surface area contributed by atoms with Gasteiger partial charge in [-0.3, -0.25) is 0 Å². The van der Waals surface area contributed by atoms with Gasteiger partial charge in [0.05, 0.1) is 0 Å². The Balaban J connectivity index is 0.000000237. The van der Waals surface area contributed by atoms with Gasteiger partial charge < -0.3 is 0 Å². The molecule has 4 aromatic heterocycles. The molecule has 2 unspecified atom stereocenters. The monoisotopic (exact) mass is 961 g/mol. The minimum absolute atomic E-state index is 0.0399. The molecule has 0 saturated heterocycles. The summed E-state index contributed by atoms with van der Waals surface area (Å²) in [6.07, 6.45) is 3.95. The molecule has 2 atom stereocenters. The minimum atomic E-state index is -2.79. The van der Waals surface area contributed by atoms with E-state index < -0.39 is 73.0 Å². The lowest BCUT2D eigenvalue weighted by molar-refractivity contribution is -0.660. The highest BCUT2D eigenvalue weighted by atomic mass is 14.9. The third-order valence-electron chi connectivity index (χ3n) is 11.6. The van der Waals surface area contributed by atoms with E-state index >= 15 is 0 Å². The average Bonchev–Trinajstić information content (AvgIpc) is 0.759. The Morgan fingerprint density at radius 1 is 0.429 bits per heavy atom. The Labute approximate surface area is 463 Å². The molecule has 0 N–H and O–H groups in total. The van der Waals surface area contributed by atoms with E-state index in [0.29, 0.717) is 22.3 Å². The number of aryl methyl sites for hydroxylation is 14. The number of aromatic nitrogens is 4. The molecule has 0 spiro atoms. The van der Waals surface area contributed by atoms with Gasteiger partial charge in [0, 0.05) is 107 Å². The summed E-state index contributed by atoms with van der Waals surface area (Å²) in [6.45, 7) is -8.11. The van der Waals surface area contributed by atoms with Crippen molar-refractivity contribution >= 4 is 0 Å². The summed E-state index contributed by atoms with van der Waals surface area (Å²) in [5, 5.41) is 0. The second-order valence-corrected chi connectivity index (χ2v) is 17.4. The third kappa shape index (κ3) is 14.7. The second kappa shape index (κ2) is 24.9. The lowest BCUT2D eigenvalue weighted by Gasteiger charge is -2.10. The van der Waals surface area contributed by atoms with Crippen molar-refractivity contribution in [1.29, 1.82) is 0 Å². The van der Waals surface area contributed by atoms with Crippen molar-refractivity contribution in [2.24, 2.45) is 34.1 Å². The maximum absolute atomic E-state index is 8.29. The Morgan fingerprint density at radius 2 is 0.800 bits per heavy atom. The van der Waals surface area contributed by atoms with Crippen molar-refractivity contribution in [1.82, 2.24) is 0 Å². The van der Waals surface area contributed by atoms with Crippen molar-refractivity contribution in [3.8, 4) is 45.0 Å². The van der Waals surface area contributed by atoms with Gasteiger partial charge in [0.15, 0.2) is 24.8 Å². The van der Waals surface area contributed by atoms with Crippen LogP contribution in [0.25, 0.3) is 45.0 Å². The zero-order valence-corrected chi connectivity index (χ0v) is 41.9. The van der Waals surface area contributed by atoms with Crippen LogP contribution in [0.3, 0.4) is 0 Å². The summed E-state index contributed by atoms with van der Waals surface area (Å²) >= 11 is 0. The minimum Gasteiger partial charge on any atom is -0.201 e. The first-order valence-electron chi connectivity index (χ1n) is 36.7. The van der Waals surface area contributed by atoms with E-state index in [-0.39, 0.29) is 28.7 Å². The average molecular weight is 962 g/mol. The number of hydrogen-bond acceptors (Lipinski definition) is 0. The van der Waals surface area contributed by atoms with E-state index in [9.17, 15) is 0 Å². The maximum atomic E-state index is 8.29. The molecule has 4 heterocycles. The largest absolute Gasteiger partial charge is 0.212 e. The molecule has 8 aromatic rings. The molecule has 0 aliphatic rings. The van der Waals surface area contributed by atoms with Gasteiger partial charge in [0.25, 0.3) is 0 Å². The molecule has 0 radical (unpaired) electrons. The Morgan fingerprint density at radius 3 is 1.16 bits per heavy atom. The van der Waals surface area contributed by atoms with Gasteiger partial charge >= 0.3 is 0 Å². The summed E-state index contributed by atoms with van der Waals surface area (Å²) in [7, 11) is 7.09. The van der Waals surface area contributed by atoms with Gasteiger partial charge in [0.2, 0.25) is 22.8 Å². The number of benzene rings is 4. The fraction of sp³-hybridized carbons (Fsp3) is 0.333. The number of hydrogen-bond donors (Lipinski definition) is 0. The van der Waals surface area contributed by atoms with Crippen LogP contribution >= 0.6 is 0 Å². The van der Waals surface area contributed by atoms with Crippen LogP contribution in [0, 0.1) is 67.8 Å². The summed E-state index contributed by atoms with van der Waals surface area (Å²) in [5.74, 6) is -4.01. The predicted octanol–water partition coefficient (Wildman–Crippen LogP) is 14.4. The second-order valence-electron chi connectivity index (χ2n) is 17.4. The zero-order valence-electron chi connectivity index (χ0n) is 69.9. The highest BCUT2D eigenvalue weighted by molar-refractivity contribution is 5.64. The molecule has 4 aromatic carbocycles. The van der Waals surface area contributed by atoms with Gasteiger partial charge in [-0.15, -0.1) is 0 Å². The summed E-state index contributed by atoms with van der Waals surface area (Å²) < 4.78 is 219. The Hall–Kier alpha value is -6.52. The van der Waals surface area contributed by atoms with Crippen LogP contribution in [0.5, 0.6) is 0 Å². The quantitative estimate of drug-likeness (QED) is 0.135. The fourth-order valence-corrected chi connectivity index (χ4v) is 8.05. The van der Waals surface area contributed by atoms with Gasteiger partial charge in [-0.05, 0) is 174 Å². The van der Waals surface area contributed by atoms with Crippen LogP contribution in [0.2, 0.25) is 0 Å². The first kappa shape index (κ1) is 27.2. The van der Waals surface area contributed by atoms with Gasteiger partial charge in [-0.2, -0.15) is 0 Å².